The monoisotopic (exact) mass is 365 g/mol. The number of anilines is 1. The fourth-order valence-electron chi connectivity index (χ4n) is 3.31. The Morgan fingerprint density at radius 2 is 1.63 bits per heavy atom. The fraction of sp³-hybridized carbons (Fsp3) is 0.273. The van der Waals surface area contributed by atoms with Crippen molar-refractivity contribution < 1.29 is 19.8 Å². The molecule has 0 radical (unpaired) electrons. The van der Waals surface area contributed by atoms with Crippen LogP contribution in [0, 0.1) is 12.8 Å². The largest absolute Gasteiger partial charge is 0.508 e. The lowest BCUT2D eigenvalue weighted by Gasteiger charge is -2.27. The van der Waals surface area contributed by atoms with Gasteiger partial charge < -0.3 is 10.2 Å². The van der Waals surface area contributed by atoms with Crippen molar-refractivity contribution in [2.24, 2.45) is 5.92 Å². The molecular formula is C22H23NO4. The van der Waals surface area contributed by atoms with Gasteiger partial charge in [-0.25, -0.2) is 0 Å². The number of carbonyl (C=O) groups excluding carboxylic acids is 2. The molecule has 2 aromatic carbocycles. The van der Waals surface area contributed by atoms with E-state index in [-0.39, 0.29) is 29.4 Å². The van der Waals surface area contributed by atoms with Crippen molar-refractivity contribution in [1.29, 1.82) is 0 Å². The van der Waals surface area contributed by atoms with Crippen LogP contribution < -0.4 is 4.90 Å². The summed E-state index contributed by atoms with van der Waals surface area (Å²) >= 11 is 0. The first-order valence-corrected chi connectivity index (χ1v) is 8.95. The number of amides is 1. The number of hydrogen-bond acceptors (Lipinski definition) is 4. The molecule has 1 atom stereocenters. The minimum Gasteiger partial charge on any atom is -0.508 e. The number of phenols is 1. The first-order chi connectivity index (χ1) is 12.8. The predicted octanol–water partition coefficient (Wildman–Crippen LogP) is 4.22. The van der Waals surface area contributed by atoms with Crippen molar-refractivity contribution in [3.8, 4) is 5.75 Å². The summed E-state index contributed by atoms with van der Waals surface area (Å²) in [4.78, 5) is 27.1. The second kappa shape index (κ2) is 7.27. The third-order valence-corrected chi connectivity index (χ3v) is 4.62. The molecule has 5 nitrogen and oxygen atoms in total. The van der Waals surface area contributed by atoms with Crippen LogP contribution in [0.4, 0.5) is 5.69 Å². The average Bonchev–Trinajstić information content (AvgIpc) is 2.87. The Balaban J connectivity index is 2.13. The van der Waals surface area contributed by atoms with Gasteiger partial charge in [-0.15, -0.1) is 0 Å². The lowest BCUT2D eigenvalue weighted by atomic mass is 9.92. The maximum absolute atomic E-state index is 12.9. The number of carbonyl (C=O) groups is 2. The molecule has 0 fully saturated rings. The molecule has 0 bridgehead atoms. The Hall–Kier alpha value is -3.08. The standard InChI is InChI=1S/C22H23NO4/c1-13(2)12-18(25)19-20(15-6-10-17(24)11-7-15)23(22(27)21(19)26)16-8-4-14(3)5-9-16/h4-11,13,20,24,26H,12H2,1-3H3. The number of ketones is 1. The van der Waals surface area contributed by atoms with E-state index in [9.17, 15) is 19.8 Å². The Kier molecular flexibility index (Phi) is 5.04. The topological polar surface area (TPSA) is 77.8 Å². The van der Waals surface area contributed by atoms with E-state index in [0.29, 0.717) is 11.3 Å². The van der Waals surface area contributed by atoms with Crippen LogP contribution in [0.15, 0.2) is 59.9 Å². The Labute approximate surface area is 158 Å². The molecule has 0 saturated carbocycles. The van der Waals surface area contributed by atoms with Gasteiger partial charge in [0.15, 0.2) is 11.5 Å². The number of benzene rings is 2. The number of Topliss-reactive ketones (excluding diaryl/α,β-unsaturated/α-hetero) is 1. The molecule has 0 aromatic heterocycles. The minimum atomic E-state index is -0.730. The van der Waals surface area contributed by atoms with Crippen molar-refractivity contribution in [3.05, 3.63) is 71.0 Å². The maximum atomic E-state index is 12.9. The molecule has 1 amide bonds. The summed E-state index contributed by atoms with van der Waals surface area (Å²) in [5.41, 5.74) is 2.40. The van der Waals surface area contributed by atoms with Gasteiger partial charge in [0.25, 0.3) is 5.91 Å². The molecule has 1 heterocycles. The van der Waals surface area contributed by atoms with Gasteiger partial charge in [-0.3, -0.25) is 14.5 Å². The molecule has 1 aliphatic rings. The van der Waals surface area contributed by atoms with Gasteiger partial charge >= 0.3 is 0 Å². The zero-order valence-corrected chi connectivity index (χ0v) is 15.6. The predicted molar refractivity (Wildman–Crippen MR) is 104 cm³/mol. The van der Waals surface area contributed by atoms with Crippen LogP contribution in [-0.4, -0.2) is 21.9 Å². The molecule has 3 rings (SSSR count). The molecule has 140 valence electrons. The number of aliphatic hydroxyl groups excluding tert-OH is 1. The summed E-state index contributed by atoms with van der Waals surface area (Å²) in [5.74, 6) is -1.15. The summed E-state index contributed by atoms with van der Waals surface area (Å²) in [5, 5.41) is 20.1. The van der Waals surface area contributed by atoms with Crippen LogP contribution in [-0.2, 0) is 9.59 Å². The normalized spacial score (nSPS) is 17.1. The smallest absolute Gasteiger partial charge is 0.294 e. The fourth-order valence-corrected chi connectivity index (χ4v) is 3.31. The first-order valence-electron chi connectivity index (χ1n) is 8.95. The van der Waals surface area contributed by atoms with Gasteiger partial charge in [-0.05, 0) is 42.7 Å². The molecule has 1 aliphatic heterocycles. The Bertz CT molecular complexity index is 895. The Morgan fingerprint density at radius 1 is 1.04 bits per heavy atom. The summed E-state index contributed by atoms with van der Waals surface area (Å²) in [6.45, 7) is 5.78. The van der Waals surface area contributed by atoms with Crippen molar-refractivity contribution in [2.45, 2.75) is 33.2 Å². The van der Waals surface area contributed by atoms with Crippen LogP contribution in [0.3, 0.4) is 0 Å². The molecule has 27 heavy (non-hydrogen) atoms. The van der Waals surface area contributed by atoms with Gasteiger partial charge in [-0.2, -0.15) is 0 Å². The second-order valence-corrected chi connectivity index (χ2v) is 7.29. The van der Waals surface area contributed by atoms with E-state index in [4.69, 9.17) is 0 Å². The van der Waals surface area contributed by atoms with Gasteiger partial charge in [0.1, 0.15) is 5.75 Å². The molecule has 1 unspecified atom stereocenters. The second-order valence-electron chi connectivity index (χ2n) is 7.29. The van der Waals surface area contributed by atoms with E-state index in [0.717, 1.165) is 5.56 Å². The van der Waals surface area contributed by atoms with E-state index in [1.807, 2.05) is 32.9 Å². The lowest BCUT2D eigenvalue weighted by Crippen LogP contribution is -2.31. The van der Waals surface area contributed by atoms with Gasteiger partial charge in [0.2, 0.25) is 0 Å². The molecule has 2 aromatic rings. The van der Waals surface area contributed by atoms with E-state index in [1.165, 1.54) is 17.0 Å². The highest BCUT2D eigenvalue weighted by molar-refractivity contribution is 6.16. The van der Waals surface area contributed by atoms with Gasteiger partial charge in [0, 0.05) is 12.1 Å². The van der Waals surface area contributed by atoms with E-state index < -0.39 is 17.7 Å². The number of aryl methyl sites for hydroxylation is 1. The summed E-state index contributed by atoms with van der Waals surface area (Å²) < 4.78 is 0. The minimum absolute atomic E-state index is 0.0909. The number of hydrogen-bond donors (Lipinski definition) is 2. The third kappa shape index (κ3) is 3.58. The maximum Gasteiger partial charge on any atom is 0.294 e. The number of rotatable bonds is 5. The molecule has 0 saturated heterocycles. The number of phenolic OH excluding ortho intramolecular Hbond substituents is 1. The third-order valence-electron chi connectivity index (χ3n) is 4.62. The zero-order chi connectivity index (χ0) is 19.7. The van der Waals surface area contributed by atoms with Crippen LogP contribution in [0.1, 0.15) is 37.4 Å². The highest BCUT2D eigenvalue weighted by atomic mass is 16.3. The number of aliphatic hydroxyl groups is 1. The van der Waals surface area contributed by atoms with Crippen LogP contribution in [0.5, 0.6) is 5.75 Å². The Morgan fingerprint density at radius 3 is 2.19 bits per heavy atom. The number of aromatic hydroxyl groups is 1. The first kappa shape index (κ1) is 18.7. The van der Waals surface area contributed by atoms with E-state index >= 15 is 0 Å². The van der Waals surface area contributed by atoms with Crippen molar-refractivity contribution in [3.63, 3.8) is 0 Å². The molecule has 0 aliphatic carbocycles. The zero-order valence-electron chi connectivity index (χ0n) is 15.6. The average molecular weight is 365 g/mol. The van der Waals surface area contributed by atoms with Crippen LogP contribution in [0.25, 0.3) is 0 Å². The van der Waals surface area contributed by atoms with Gasteiger partial charge in [-0.1, -0.05) is 43.7 Å². The summed E-state index contributed by atoms with van der Waals surface area (Å²) in [7, 11) is 0. The van der Waals surface area contributed by atoms with E-state index in [2.05, 4.69) is 0 Å². The van der Waals surface area contributed by atoms with Crippen molar-refractivity contribution >= 4 is 17.4 Å². The summed E-state index contributed by atoms with van der Waals surface area (Å²) in [6.07, 6.45) is 0.239. The van der Waals surface area contributed by atoms with Crippen LogP contribution >= 0.6 is 0 Å². The highest BCUT2D eigenvalue weighted by Crippen LogP contribution is 2.41. The molecule has 5 heteroatoms. The summed E-state index contributed by atoms with van der Waals surface area (Å²) in [6, 6.07) is 13.0. The quantitative estimate of drug-likeness (QED) is 0.832. The van der Waals surface area contributed by atoms with Crippen LogP contribution in [0.2, 0.25) is 0 Å². The number of nitrogens with zero attached hydrogens (tertiary/aromatic N) is 1. The highest BCUT2D eigenvalue weighted by Gasteiger charge is 2.44. The van der Waals surface area contributed by atoms with Crippen molar-refractivity contribution in [2.75, 3.05) is 4.90 Å². The van der Waals surface area contributed by atoms with Crippen molar-refractivity contribution in [1.82, 2.24) is 0 Å². The molecule has 0 spiro atoms. The lowest BCUT2D eigenvalue weighted by molar-refractivity contribution is -0.118. The molecule has 2 N–H and O–H groups in total. The molecular weight excluding hydrogens is 342 g/mol. The van der Waals surface area contributed by atoms with Gasteiger partial charge in [0.05, 0.1) is 11.6 Å². The van der Waals surface area contributed by atoms with E-state index in [1.54, 1.807) is 24.3 Å². The SMILES string of the molecule is Cc1ccc(N2C(=O)C(O)=C(C(=O)CC(C)C)C2c2ccc(O)cc2)cc1.